The molecule has 0 fully saturated rings. The number of nitrogens with one attached hydrogen (secondary N) is 1. The molecule has 2 unspecified atom stereocenters. The average molecular weight is 341 g/mol. The summed E-state index contributed by atoms with van der Waals surface area (Å²) in [5.74, 6) is -0.257. The Hall–Kier alpha value is -2.44. The number of pyridine rings is 1. The zero-order valence-electron chi connectivity index (χ0n) is 13.9. The van der Waals surface area contributed by atoms with Gasteiger partial charge in [-0.05, 0) is 55.2 Å². The first-order chi connectivity index (χ1) is 12.1. The molecule has 2 atom stereocenters. The van der Waals surface area contributed by atoms with Gasteiger partial charge in [-0.3, -0.25) is 4.40 Å². The second-order valence-corrected chi connectivity index (χ2v) is 6.49. The zero-order valence-corrected chi connectivity index (χ0v) is 13.9. The van der Waals surface area contributed by atoms with Crippen LogP contribution in [0.25, 0.3) is 5.65 Å². The molecular weight excluding hydrogens is 321 g/mol. The van der Waals surface area contributed by atoms with Gasteiger partial charge in [0.05, 0.1) is 35.8 Å². The van der Waals surface area contributed by atoms with Gasteiger partial charge in [0.1, 0.15) is 5.82 Å². The van der Waals surface area contributed by atoms with Crippen molar-refractivity contribution >= 4 is 11.3 Å². The van der Waals surface area contributed by atoms with Gasteiger partial charge in [0.2, 0.25) is 0 Å². The molecule has 130 valence electrons. The van der Waals surface area contributed by atoms with Crippen LogP contribution in [0.4, 0.5) is 10.1 Å². The van der Waals surface area contributed by atoms with E-state index in [1.54, 1.807) is 12.1 Å². The molecule has 1 aromatic carbocycles. The Morgan fingerprint density at radius 3 is 3.00 bits per heavy atom. The summed E-state index contributed by atoms with van der Waals surface area (Å²) in [6.45, 7) is 1.76. The number of aromatic nitrogens is 2. The molecule has 1 aliphatic carbocycles. The standard InChI is InChI=1S/C19H20FN3O2/c1-11-16(10-24)23-8-2-3-15(19(23)21-11)22-18-14-6-5-13(20)9-12(14)4-7-17(18)25/h2-3,5-6,8-9,17-18,22,24-25H,4,7,10H2,1H3. The summed E-state index contributed by atoms with van der Waals surface area (Å²) >= 11 is 0. The minimum absolute atomic E-state index is 0.0926. The predicted octanol–water partition coefficient (Wildman–Crippen LogP) is 2.73. The van der Waals surface area contributed by atoms with Gasteiger partial charge in [0, 0.05) is 6.20 Å². The molecule has 1 aliphatic rings. The van der Waals surface area contributed by atoms with Crippen LogP contribution in [-0.2, 0) is 13.0 Å². The lowest BCUT2D eigenvalue weighted by molar-refractivity contribution is 0.135. The van der Waals surface area contributed by atoms with E-state index in [0.29, 0.717) is 18.5 Å². The lowest BCUT2D eigenvalue weighted by Crippen LogP contribution is -2.31. The maximum absolute atomic E-state index is 13.5. The first kappa shape index (κ1) is 16.1. The number of fused-ring (bicyclic) bond motifs is 2. The van der Waals surface area contributed by atoms with Crippen LogP contribution in [-0.4, -0.2) is 25.7 Å². The summed E-state index contributed by atoms with van der Waals surface area (Å²) in [5.41, 5.74) is 4.81. The van der Waals surface area contributed by atoms with Crippen molar-refractivity contribution in [1.82, 2.24) is 9.38 Å². The molecule has 0 amide bonds. The molecule has 25 heavy (non-hydrogen) atoms. The number of aliphatic hydroxyl groups excluding tert-OH is 2. The molecular formula is C19H20FN3O2. The van der Waals surface area contributed by atoms with Crippen molar-refractivity contribution in [3.63, 3.8) is 0 Å². The fourth-order valence-corrected chi connectivity index (χ4v) is 3.65. The quantitative estimate of drug-likeness (QED) is 0.685. The van der Waals surface area contributed by atoms with Gasteiger partial charge in [-0.1, -0.05) is 6.07 Å². The SMILES string of the molecule is Cc1nc2c(NC3c4ccc(F)cc4CCC3O)cccn2c1CO. The van der Waals surface area contributed by atoms with Gasteiger partial charge < -0.3 is 15.5 Å². The van der Waals surface area contributed by atoms with Crippen molar-refractivity contribution in [2.45, 2.75) is 38.5 Å². The average Bonchev–Trinajstić information content (AvgIpc) is 2.93. The predicted molar refractivity (Wildman–Crippen MR) is 92.9 cm³/mol. The van der Waals surface area contributed by atoms with Crippen LogP contribution in [0.3, 0.4) is 0 Å². The van der Waals surface area contributed by atoms with Crippen molar-refractivity contribution in [3.05, 3.63) is 64.9 Å². The number of nitrogens with zero attached hydrogens (tertiary/aromatic N) is 2. The lowest BCUT2D eigenvalue weighted by Gasteiger charge is -2.31. The summed E-state index contributed by atoms with van der Waals surface area (Å²) in [7, 11) is 0. The highest BCUT2D eigenvalue weighted by atomic mass is 19.1. The Kier molecular flexibility index (Phi) is 3.94. The van der Waals surface area contributed by atoms with E-state index in [4.69, 9.17) is 0 Å². The first-order valence-electron chi connectivity index (χ1n) is 8.39. The summed E-state index contributed by atoms with van der Waals surface area (Å²) in [6.07, 6.45) is 2.53. The Balaban J connectivity index is 1.77. The normalized spacial score (nSPS) is 19.8. The second kappa shape index (κ2) is 6.13. The first-order valence-corrected chi connectivity index (χ1v) is 8.39. The molecule has 0 bridgehead atoms. The number of imidazole rings is 1. The van der Waals surface area contributed by atoms with Crippen LogP contribution in [0.1, 0.15) is 35.0 Å². The van der Waals surface area contributed by atoms with Gasteiger partial charge in [0.15, 0.2) is 5.65 Å². The molecule has 0 saturated carbocycles. The maximum Gasteiger partial charge on any atom is 0.160 e. The fraction of sp³-hybridized carbons (Fsp3) is 0.316. The van der Waals surface area contributed by atoms with Crippen molar-refractivity contribution in [2.75, 3.05) is 5.32 Å². The molecule has 2 heterocycles. The van der Waals surface area contributed by atoms with Crippen molar-refractivity contribution in [3.8, 4) is 0 Å². The number of rotatable bonds is 3. The van der Waals surface area contributed by atoms with Crippen LogP contribution in [0.15, 0.2) is 36.5 Å². The van der Waals surface area contributed by atoms with Crippen molar-refractivity contribution in [2.24, 2.45) is 0 Å². The third-order valence-corrected chi connectivity index (χ3v) is 4.94. The Morgan fingerprint density at radius 1 is 1.36 bits per heavy atom. The van der Waals surface area contributed by atoms with Gasteiger partial charge in [0.25, 0.3) is 0 Å². The molecule has 0 saturated heterocycles. The smallest absolute Gasteiger partial charge is 0.160 e. The number of aryl methyl sites for hydroxylation is 2. The van der Waals surface area contributed by atoms with E-state index in [1.807, 2.05) is 29.7 Å². The zero-order chi connectivity index (χ0) is 17.6. The summed E-state index contributed by atoms with van der Waals surface area (Å²) < 4.78 is 15.4. The van der Waals surface area contributed by atoms with Crippen molar-refractivity contribution < 1.29 is 14.6 Å². The monoisotopic (exact) mass is 341 g/mol. The number of halogens is 1. The molecule has 4 rings (SSSR count). The summed E-state index contributed by atoms with van der Waals surface area (Å²) in [6, 6.07) is 8.14. The Labute approximate surface area is 144 Å². The van der Waals surface area contributed by atoms with Gasteiger partial charge in [-0.2, -0.15) is 0 Å². The molecule has 0 aliphatic heterocycles. The largest absolute Gasteiger partial charge is 0.391 e. The van der Waals surface area contributed by atoms with E-state index in [9.17, 15) is 14.6 Å². The van der Waals surface area contributed by atoms with Gasteiger partial charge in [-0.25, -0.2) is 9.37 Å². The second-order valence-electron chi connectivity index (χ2n) is 6.49. The van der Waals surface area contributed by atoms with Gasteiger partial charge >= 0.3 is 0 Å². The molecule has 3 aromatic rings. The van der Waals surface area contributed by atoms with E-state index in [2.05, 4.69) is 10.3 Å². The summed E-state index contributed by atoms with van der Waals surface area (Å²) in [4.78, 5) is 4.54. The number of hydrogen-bond donors (Lipinski definition) is 3. The van der Waals surface area contributed by atoms with Crippen LogP contribution in [0, 0.1) is 12.7 Å². The Morgan fingerprint density at radius 2 is 2.20 bits per heavy atom. The molecule has 3 N–H and O–H groups in total. The van der Waals surface area contributed by atoms with E-state index < -0.39 is 6.10 Å². The number of hydrogen-bond acceptors (Lipinski definition) is 4. The molecule has 6 heteroatoms. The van der Waals surface area contributed by atoms with Crippen molar-refractivity contribution in [1.29, 1.82) is 0 Å². The van der Waals surface area contributed by atoms with Gasteiger partial charge in [-0.15, -0.1) is 0 Å². The van der Waals surface area contributed by atoms with Crippen LogP contribution in [0.5, 0.6) is 0 Å². The number of anilines is 1. The van der Waals surface area contributed by atoms with E-state index in [-0.39, 0.29) is 18.5 Å². The highest BCUT2D eigenvalue weighted by molar-refractivity contribution is 5.69. The van der Waals surface area contributed by atoms with Crippen LogP contribution in [0.2, 0.25) is 0 Å². The molecule has 2 aromatic heterocycles. The Bertz CT molecular complexity index is 938. The third kappa shape index (κ3) is 2.67. The molecule has 5 nitrogen and oxygen atoms in total. The van der Waals surface area contributed by atoms with E-state index in [1.165, 1.54) is 6.07 Å². The van der Waals surface area contributed by atoms with Crippen LogP contribution >= 0.6 is 0 Å². The summed E-state index contributed by atoms with van der Waals surface area (Å²) in [5, 5.41) is 23.4. The number of aliphatic hydroxyl groups is 2. The third-order valence-electron chi connectivity index (χ3n) is 4.94. The fourth-order valence-electron chi connectivity index (χ4n) is 3.65. The van der Waals surface area contributed by atoms with Crippen LogP contribution < -0.4 is 5.32 Å². The number of benzene rings is 1. The highest BCUT2D eigenvalue weighted by Gasteiger charge is 2.29. The highest BCUT2D eigenvalue weighted by Crippen LogP contribution is 2.34. The molecule has 0 radical (unpaired) electrons. The maximum atomic E-state index is 13.5. The minimum atomic E-state index is -0.563. The topological polar surface area (TPSA) is 69.8 Å². The van der Waals surface area contributed by atoms with E-state index >= 15 is 0 Å². The minimum Gasteiger partial charge on any atom is -0.391 e. The molecule has 0 spiro atoms. The van der Waals surface area contributed by atoms with E-state index in [0.717, 1.165) is 28.2 Å². The lowest BCUT2D eigenvalue weighted by atomic mass is 9.85.